The number of Topliss-reactive ketones (excluding diaryl/α,β-unsaturated/α-hetero) is 2. The monoisotopic (exact) mass is 482 g/mol. The van der Waals surface area contributed by atoms with Gasteiger partial charge >= 0.3 is 11.9 Å². The van der Waals surface area contributed by atoms with E-state index in [2.05, 4.69) is 13.2 Å². The topological polar surface area (TPSA) is 105 Å². The fourth-order valence-electron chi connectivity index (χ4n) is 3.36. The Hall–Kier alpha value is -2.32. The maximum Gasteiger partial charge on any atom is 0.333 e. The minimum absolute atomic E-state index is 0.0674. The number of carbonyl (C=O) groups is 4. The molecule has 194 valence electrons. The Bertz CT molecular complexity index is 624. The molecule has 0 aromatic carbocycles. The molecular formula is C26H42O8. The number of hydrogen-bond acceptors (Lipinski definition) is 8. The second-order valence-electron chi connectivity index (χ2n) is 8.15. The number of rotatable bonds is 21. The van der Waals surface area contributed by atoms with Crippen molar-refractivity contribution in [2.75, 3.05) is 40.6 Å². The first kappa shape index (κ1) is 31.7. The molecule has 8 heteroatoms. The highest BCUT2D eigenvalue weighted by molar-refractivity contribution is 5.88. The summed E-state index contributed by atoms with van der Waals surface area (Å²) >= 11 is 0. The first-order valence-corrected chi connectivity index (χ1v) is 11.9. The number of carbonyl (C=O) groups excluding carboxylic acids is 4. The maximum absolute atomic E-state index is 12.4. The van der Waals surface area contributed by atoms with E-state index in [-0.39, 0.29) is 36.6 Å². The SMILES string of the molecule is C=C(CCOC)C(=O)OCCC(CCC(CCOC(=O)C(=C)CCOC)C(=O)CC)C(=O)CC. The maximum atomic E-state index is 12.4. The van der Waals surface area contributed by atoms with Crippen molar-refractivity contribution in [1.82, 2.24) is 0 Å². The molecule has 0 heterocycles. The molecular weight excluding hydrogens is 440 g/mol. The van der Waals surface area contributed by atoms with Gasteiger partial charge in [0, 0.05) is 62.9 Å². The molecule has 34 heavy (non-hydrogen) atoms. The van der Waals surface area contributed by atoms with Crippen LogP contribution in [0.15, 0.2) is 24.3 Å². The molecule has 0 aromatic heterocycles. The third-order valence-corrected chi connectivity index (χ3v) is 5.66. The van der Waals surface area contributed by atoms with Gasteiger partial charge in [0.2, 0.25) is 0 Å². The third-order valence-electron chi connectivity index (χ3n) is 5.66. The third kappa shape index (κ3) is 13.4. The molecule has 2 unspecified atom stereocenters. The van der Waals surface area contributed by atoms with Gasteiger partial charge in [0.25, 0.3) is 0 Å². The van der Waals surface area contributed by atoms with Crippen LogP contribution in [0.3, 0.4) is 0 Å². The summed E-state index contributed by atoms with van der Waals surface area (Å²) in [7, 11) is 3.08. The highest BCUT2D eigenvalue weighted by Crippen LogP contribution is 2.22. The zero-order valence-corrected chi connectivity index (χ0v) is 21.3. The highest BCUT2D eigenvalue weighted by Gasteiger charge is 2.23. The van der Waals surface area contributed by atoms with Gasteiger partial charge in [-0.2, -0.15) is 0 Å². The lowest BCUT2D eigenvalue weighted by atomic mass is 9.86. The smallest absolute Gasteiger partial charge is 0.333 e. The van der Waals surface area contributed by atoms with Crippen molar-refractivity contribution < 1.29 is 38.1 Å². The average Bonchev–Trinajstić information content (AvgIpc) is 2.84. The molecule has 0 fully saturated rings. The molecule has 8 nitrogen and oxygen atoms in total. The van der Waals surface area contributed by atoms with Crippen molar-refractivity contribution in [3.8, 4) is 0 Å². The second-order valence-corrected chi connectivity index (χ2v) is 8.15. The van der Waals surface area contributed by atoms with Crippen LogP contribution in [-0.4, -0.2) is 64.2 Å². The molecule has 0 radical (unpaired) electrons. The van der Waals surface area contributed by atoms with Gasteiger partial charge < -0.3 is 18.9 Å². The van der Waals surface area contributed by atoms with E-state index >= 15 is 0 Å². The van der Waals surface area contributed by atoms with Crippen LogP contribution < -0.4 is 0 Å². The van der Waals surface area contributed by atoms with Crippen LogP contribution in [-0.2, 0) is 38.1 Å². The summed E-state index contributed by atoms with van der Waals surface area (Å²) < 4.78 is 20.4. The quantitative estimate of drug-likeness (QED) is 0.178. The van der Waals surface area contributed by atoms with Crippen LogP contribution in [0.4, 0.5) is 0 Å². The molecule has 2 atom stereocenters. The van der Waals surface area contributed by atoms with Crippen LogP contribution in [0.25, 0.3) is 0 Å². The van der Waals surface area contributed by atoms with Gasteiger partial charge in [-0.15, -0.1) is 0 Å². The van der Waals surface area contributed by atoms with Crippen molar-refractivity contribution in [2.24, 2.45) is 11.8 Å². The van der Waals surface area contributed by atoms with Crippen molar-refractivity contribution >= 4 is 23.5 Å². The molecule has 0 aliphatic carbocycles. The van der Waals surface area contributed by atoms with Crippen molar-refractivity contribution in [3.63, 3.8) is 0 Å². The van der Waals surface area contributed by atoms with Crippen LogP contribution >= 0.6 is 0 Å². The molecule has 0 rings (SSSR count). The Morgan fingerprint density at radius 1 is 0.618 bits per heavy atom. The van der Waals surface area contributed by atoms with Gasteiger partial charge in [0.05, 0.1) is 26.4 Å². The summed E-state index contributed by atoms with van der Waals surface area (Å²) in [6, 6.07) is 0. The summed E-state index contributed by atoms with van der Waals surface area (Å²) in [4.78, 5) is 48.8. The van der Waals surface area contributed by atoms with E-state index < -0.39 is 11.9 Å². The molecule has 0 aromatic rings. The molecule has 0 amide bonds. The van der Waals surface area contributed by atoms with Crippen molar-refractivity contribution in [1.29, 1.82) is 0 Å². The lowest BCUT2D eigenvalue weighted by molar-refractivity contribution is -0.141. The van der Waals surface area contributed by atoms with E-state index in [1.54, 1.807) is 28.1 Å². The van der Waals surface area contributed by atoms with Crippen LogP contribution in [0, 0.1) is 11.8 Å². The van der Waals surface area contributed by atoms with Gasteiger partial charge in [-0.25, -0.2) is 9.59 Å². The van der Waals surface area contributed by atoms with Crippen LogP contribution in [0.2, 0.25) is 0 Å². The van der Waals surface area contributed by atoms with E-state index in [1.807, 2.05) is 0 Å². The fourth-order valence-corrected chi connectivity index (χ4v) is 3.36. The minimum Gasteiger partial charge on any atom is -0.462 e. The molecule has 0 aliphatic heterocycles. The standard InChI is InChI=1S/C26H42O8/c1-7-23(27)21(13-17-33-25(29)19(3)11-15-31-5)9-10-22(24(28)8-2)14-18-34-26(30)20(4)12-16-32-6/h21-22H,3-4,7-18H2,1-2,5-6H3. The van der Waals surface area contributed by atoms with E-state index in [4.69, 9.17) is 18.9 Å². The Balaban J connectivity index is 4.75. The Kier molecular flexibility index (Phi) is 17.7. The molecule has 0 saturated carbocycles. The van der Waals surface area contributed by atoms with E-state index in [0.29, 0.717) is 75.7 Å². The summed E-state index contributed by atoms with van der Waals surface area (Å²) in [6.07, 6.45) is 3.28. The van der Waals surface area contributed by atoms with Gasteiger partial charge in [0.1, 0.15) is 11.6 Å². The minimum atomic E-state index is -0.493. The molecule has 0 saturated heterocycles. The van der Waals surface area contributed by atoms with E-state index in [1.165, 1.54) is 0 Å². The average molecular weight is 483 g/mol. The first-order chi connectivity index (χ1) is 16.2. The van der Waals surface area contributed by atoms with E-state index in [9.17, 15) is 19.2 Å². The second kappa shape index (κ2) is 19.0. The fraction of sp³-hybridized carbons (Fsp3) is 0.692. The van der Waals surface area contributed by atoms with Crippen molar-refractivity contribution in [2.45, 2.75) is 65.2 Å². The van der Waals surface area contributed by atoms with Gasteiger partial charge in [0.15, 0.2) is 0 Å². The normalized spacial score (nSPS) is 12.5. The zero-order valence-electron chi connectivity index (χ0n) is 21.3. The van der Waals surface area contributed by atoms with Crippen LogP contribution in [0.1, 0.15) is 65.2 Å². The lowest BCUT2D eigenvalue weighted by Crippen LogP contribution is -2.22. The number of methoxy groups -OCH3 is 2. The Morgan fingerprint density at radius 3 is 1.26 bits per heavy atom. The van der Waals surface area contributed by atoms with Gasteiger partial charge in [-0.3, -0.25) is 9.59 Å². The summed E-state index contributed by atoms with van der Waals surface area (Å²) in [6.45, 7) is 11.9. The molecule has 0 bridgehead atoms. The molecule has 0 N–H and O–H groups in total. The van der Waals surface area contributed by atoms with Crippen molar-refractivity contribution in [3.05, 3.63) is 24.3 Å². The highest BCUT2D eigenvalue weighted by atomic mass is 16.5. The zero-order chi connectivity index (χ0) is 25.9. The predicted molar refractivity (Wildman–Crippen MR) is 129 cm³/mol. The summed E-state index contributed by atoms with van der Waals surface area (Å²) in [5.41, 5.74) is 0.654. The Morgan fingerprint density at radius 2 is 0.971 bits per heavy atom. The largest absolute Gasteiger partial charge is 0.462 e. The molecule has 0 aliphatic rings. The first-order valence-electron chi connectivity index (χ1n) is 11.9. The lowest BCUT2D eigenvalue weighted by Gasteiger charge is -2.20. The number of ether oxygens (including phenoxy) is 4. The Labute approximate surface area is 204 Å². The van der Waals surface area contributed by atoms with Gasteiger partial charge in [-0.1, -0.05) is 27.0 Å². The summed E-state index contributed by atoms with van der Waals surface area (Å²) in [5, 5.41) is 0. The molecule has 0 spiro atoms. The summed E-state index contributed by atoms with van der Waals surface area (Å²) in [5.74, 6) is -1.47. The van der Waals surface area contributed by atoms with E-state index in [0.717, 1.165) is 0 Å². The van der Waals surface area contributed by atoms with Gasteiger partial charge in [-0.05, 0) is 25.7 Å². The number of esters is 2. The predicted octanol–water partition coefficient (Wildman–Crippen LogP) is 4.01. The number of ketones is 2. The van der Waals surface area contributed by atoms with Crippen LogP contribution in [0.5, 0.6) is 0 Å². The number of hydrogen-bond donors (Lipinski definition) is 0.